The van der Waals surface area contributed by atoms with Crippen LogP contribution < -0.4 is 10.6 Å². The van der Waals surface area contributed by atoms with Crippen molar-refractivity contribution in [2.45, 2.75) is 39.6 Å². The second-order valence-electron chi connectivity index (χ2n) is 6.35. The molecule has 1 aromatic heterocycles. The minimum absolute atomic E-state index is 0.344. The third-order valence-electron chi connectivity index (χ3n) is 4.78. The number of carbonyl (C=O) groups excluding carboxylic acids is 2. The van der Waals surface area contributed by atoms with Crippen LogP contribution in [0.4, 0.5) is 11.5 Å². The number of nitrogens with zero attached hydrogens (tertiary/aromatic N) is 1. The van der Waals surface area contributed by atoms with E-state index in [1.54, 1.807) is 32.2 Å². The van der Waals surface area contributed by atoms with Crippen molar-refractivity contribution in [1.29, 1.82) is 0 Å². The Balaban J connectivity index is 1.57. The zero-order chi connectivity index (χ0) is 19.3. The summed E-state index contributed by atoms with van der Waals surface area (Å²) in [5.41, 5.74) is 0.519. The smallest absolute Gasteiger partial charge is 0.329 e. The number of carbonyl (C=O) groups is 2. The van der Waals surface area contributed by atoms with Crippen molar-refractivity contribution in [3.8, 4) is 0 Å². The molecule has 1 aliphatic heterocycles. The van der Waals surface area contributed by atoms with Gasteiger partial charge in [-0.25, -0.2) is 4.98 Å². The Morgan fingerprint density at radius 2 is 1.67 bits per heavy atom. The molecule has 2 heterocycles. The standard InChI is InChI=1S/C20H23N3O4/c1-3-20(4-2)17(24)26-19(27-18(20)25)23-15-10-11-16(22-13-15)21-12-14-8-6-5-7-9-14/h5-11,13,19,23H,3-4,12H2,1-2H3,(H,21,22). The Labute approximate surface area is 158 Å². The molecule has 0 atom stereocenters. The Hall–Kier alpha value is -3.09. The minimum atomic E-state index is -1.21. The van der Waals surface area contributed by atoms with Gasteiger partial charge in [0.15, 0.2) is 5.41 Å². The number of benzene rings is 1. The lowest BCUT2D eigenvalue weighted by Gasteiger charge is -2.35. The molecule has 2 aromatic rings. The maximum atomic E-state index is 12.3. The maximum absolute atomic E-state index is 12.3. The molecule has 3 rings (SSSR count). The molecule has 0 spiro atoms. The highest BCUT2D eigenvalue weighted by Gasteiger charge is 2.51. The van der Waals surface area contributed by atoms with E-state index in [2.05, 4.69) is 15.6 Å². The fourth-order valence-corrected chi connectivity index (χ4v) is 2.92. The van der Waals surface area contributed by atoms with Gasteiger partial charge in [0, 0.05) is 6.54 Å². The van der Waals surface area contributed by atoms with Crippen LogP contribution >= 0.6 is 0 Å². The first-order valence-electron chi connectivity index (χ1n) is 9.00. The summed E-state index contributed by atoms with van der Waals surface area (Å²) >= 11 is 0. The molecule has 1 saturated heterocycles. The third-order valence-corrected chi connectivity index (χ3v) is 4.78. The molecule has 0 saturated carbocycles. The van der Waals surface area contributed by atoms with E-state index >= 15 is 0 Å². The SMILES string of the molecule is CCC1(CC)C(=O)OC(Nc2ccc(NCc3ccccc3)nc2)OC1=O. The molecule has 7 heteroatoms. The van der Waals surface area contributed by atoms with Gasteiger partial charge in [-0.1, -0.05) is 44.2 Å². The average molecular weight is 369 g/mol. The predicted octanol–water partition coefficient (Wildman–Crippen LogP) is 3.30. The Kier molecular flexibility index (Phi) is 5.59. The number of ether oxygens (including phenoxy) is 2. The summed E-state index contributed by atoms with van der Waals surface area (Å²) in [5.74, 6) is -0.413. The van der Waals surface area contributed by atoms with Gasteiger partial charge in [0.25, 0.3) is 0 Å². The van der Waals surface area contributed by atoms with Crippen LogP contribution in [0.15, 0.2) is 48.7 Å². The lowest BCUT2D eigenvalue weighted by Crippen LogP contribution is -2.51. The maximum Gasteiger partial charge on any atom is 0.329 e. The number of hydrogen-bond donors (Lipinski definition) is 2. The second kappa shape index (κ2) is 8.07. The van der Waals surface area contributed by atoms with Crippen molar-refractivity contribution in [2.75, 3.05) is 10.6 Å². The number of hydrogen-bond acceptors (Lipinski definition) is 7. The van der Waals surface area contributed by atoms with E-state index in [-0.39, 0.29) is 0 Å². The van der Waals surface area contributed by atoms with Crippen molar-refractivity contribution in [1.82, 2.24) is 4.98 Å². The molecule has 0 amide bonds. The number of anilines is 2. The van der Waals surface area contributed by atoms with E-state index in [0.29, 0.717) is 30.9 Å². The van der Waals surface area contributed by atoms with Gasteiger partial charge in [-0.05, 0) is 30.5 Å². The van der Waals surface area contributed by atoms with Crippen LogP contribution in [0.25, 0.3) is 0 Å². The molecular weight excluding hydrogens is 346 g/mol. The Morgan fingerprint density at radius 3 is 2.22 bits per heavy atom. The average Bonchev–Trinajstić information content (AvgIpc) is 2.69. The largest absolute Gasteiger partial charge is 0.405 e. The molecule has 1 fully saturated rings. The number of cyclic esters (lactones) is 2. The highest BCUT2D eigenvalue weighted by Crippen LogP contribution is 2.34. The molecule has 0 aliphatic carbocycles. The molecule has 2 N–H and O–H groups in total. The topological polar surface area (TPSA) is 89.6 Å². The van der Waals surface area contributed by atoms with Crippen LogP contribution in [-0.4, -0.2) is 23.3 Å². The van der Waals surface area contributed by atoms with Crippen LogP contribution in [0.1, 0.15) is 32.3 Å². The summed E-state index contributed by atoms with van der Waals surface area (Å²) in [4.78, 5) is 28.9. The molecule has 7 nitrogen and oxygen atoms in total. The van der Waals surface area contributed by atoms with Gasteiger partial charge in [-0.15, -0.1) is 0 Å². The van der Waals surface area contributed by atoms with Crippen LogP contribution in [0.5, 0.6) is 0 Å². The van der Waals surface area contributed by atoms with E-state index in [1.165, 1.54) is 0 Å². The first-order valence-corrected chi connectivity index (χ1v) is 9.00. The molecule has 0 unspecified atom stereocenters. The van der Waals surface area contributed by atoms with E-state index < -0.39 is 23.8 Å². The van der Waals surface area contributed by atoms with Gasteiger partial charge in [-0.3, -0.25) is 9.59 Å². The Bertz CT molecular complexity index is 769. The monoisotopic (exact) mass is 369 g/mol. The van der Waals surface area contributed by atoms with E-state index in [9.17, 15) is 9.59 Å². The fraction of sp³-hybridized carbons (Fsp3) is 0.350. The molecule has 0 bridgehead atoms. The number of esters is 2. The van der Waals surface area contributed by atoms with Crippen molar-refractivity contribution in [3.63, 3.8) is 0 Å². The second-order valence-corrected chi connectivity index (χ2v) is 6.35. The minimum Gasteiger partial charge on any atom is -0.405 e. The molecule has 1 aromatic carbocycles. The predicted molar refractivity (Wildman–Crippen MR) is 101 cm³/mol. The van der Waals surface area contributed by atoms with Gasteiger partial charge in [-0.2, -0.15) is 0 Å². The zero-order valence-electron chi connectivity index (χ0n) is 15.4. The lowest BCUT2D eigenvalue weighted by atomic mass is 9.82. The quantitative estimate of drug-likeness (QED) is 0.572. The molecule has 27 heavy (non-hydrogen) atoms. The molecule has 1 aliphatic rings. The van der Waals surface area contributed by atoms with Gasteiger partial charge < -0.3 is 20.1 Å². The van der Waals surface area contributed by atoms with Crippen molar-refractivity contribution >= 4 is 23.4 Å². The van der Waals surface area contributed by atoms with Crippen LogP contribution in [0, 0.1) is 5.41 Å². The van der Waals surface area contributed by atoms with E-state index in [1.807, 2.05) is 30.3 Å². The number of pyridine rings is 1. The first-order chi connectivity index (χ1) is 13.1. The highest BCUT2D eigenvalue weighted by atomic mass is 16.7. The zero-order valence-corrected chi connectivity index (χ0v) is 15.4. The number of nitrogens with one attached hydrogen (secondary N) is 2. The number of rotatable bonds is 7. The summed E-state index contributed by atoms with van der Waals surface area (Å²) < 4.78 is 10.5. The van der Waals surface area contributed by atoms with Crippen molar-refractivity contribution in [3.05, 3.63) is 54.2 Å². The molecular formula is C20H23N3O4. The van der Waals surface area contributed by atoms with Gasteiger partial charge >= 0.3 is 18.4 Å². The molecule has 0 radical (unpaired) electrons. The molecule has 142 valence electrons. The summed E-state index contributed by atoms with van der Waals surface area (Å²) in [7, 11) is 0. The van der Waals surface area contributed by atoms with Crippen LogP contribution in [0.2, 0.25) is 0 Å². The lowest BCUT2D eigenvalue weighted by molar-refractivity contribution is -0.219. The summed E-state index contributed by atoms with van der Waals surface area (Å²) in [6, 6.07) is 13.6. The van der Waals surface area contributed by atoms with Crippen LogP contribution in [-0.2, 0) is 25.6 Å². The summed E-state index contributed by atoms with van der Waals surface area (Å²) in [6.45, 7) is 4.20. The van der Waals surface area contributed by atoms with E-state index in [0.717, 1.165) is 5.56 Å². The van der Waals surface area contributed by atoms with Crippen molar-refractivity contribution < 1.29 is 19.1 Å². The summed E-state index contributed by atoms with van der Waals surface area (Å²) in [5, 5.41) is 6.07. The van der Waals surface area contributed by atoms with Gasteiger partial charge in [0.2, 0.25) is 0 Å². The van der Waals surface area contributed by atoms with Gasteiger partial charge in [0.05, 0.1) is 11.9 Å². The number of aromatic nitrogens is 1. The normalized spacial score (nSPS) is 16.4. The Morgan fingerprint density at radius 1 is 1.00 bits per heavy atom. The summed E-state index contributed by atoms with van der Waals surface area (Å²) in [6.07, 6.45) is 1.12. The van der Waals surface area contributed by atoms with Crippen molar-refractivity contribution in [2.24, 2.45) is 5.41 Å². The highest BCUT2D eigenvalue weighted by molar-refractivity contribution is 6.01. The van der Waals surface area contributed by atoms with Crippen LogP contribution in [0.3, 0.4) is 0 Å². The fourth-order valence-electron chi connectivity index (χ4n) is 2.92. The first kappa shape index (κ1) is 18.7. The third kappa shape index (κ3) is 4.02. The van der Waals surface area contributed by atoms with Gasteiger partial charge in [0.1, 0.15) is 5.82 Å². The van der Waals surface area contributed by atoms with E-state index in [4.69, 9.17) is 9.47 Å².